The first-order valence-electron chi connectivity index (χ1n) is 2.26. The number of carbonyl (C=O) groups is 2. The largest absolute Gasteiger partial charge is 0.302 e. The van der Waals surface area contributed by atoms with E-state index >= 15 is 0 Å². The minimum atomic E-state index is -0.528. The predicted octanol–water partition coefficient (Wildman–Crippen LogP) is 0.164. The number of aldehydes is 2. The summed E-state index contributed by atoms with van der Waals surface area (Å²) in [4.78, 5) is 19.8. The molecule has 0 saturated heterocycles. The van der Waals surface area contributed by atoms with E-state index in [4.69, 9.17) is 0 Å². The highest BCUT2D eigenvalue weighted by molar-refractivity contribution is 5.87. The van der Waals surface area contributed by atoms with Gasteiger partial charge < -0.3 is 9.59 Å². The molecule has 7 heavy (non-hydrogen) atoms. The Morgan fingerprint density at radius 1 is 1.14 bits per heavy atom. The van der Waals surface area contributed by atoms with E-state index < -0.39 is 5.41 Å². The molecule has 0 amide bonds. The van der Waals surface area contributed by atoms with Gasteiger partial charge in [-0.05, 0) is 12.8 Å². The molecular formula is C5H6O2. The normalized spacial score (nSPS) is 23.4. The Morgan fingerprint density at radius 3 is 1.57 bits per heavy atom. The van der Waals surface area contributed by atoms with Crippen LogP contribution in [-0.4, -0.2) is 12.6 Å². The van der Waals surface area contributed by atoms with E-state index in [-0.39, 0.29) is 0 Å². The fourth-order valence-electron chi connectivity index (χ4n) is 0.408. The van der Waals surface area contributed by atoms with Gasteiger partial charge in [0.2, 0.25) is 0 Å². The lowest BCUT2D eigenvalue weighted by molar-refractivity contribution is -0.120. The number of rotatable bonds is 2. The Bertz CT molecular complexity index is 92.6. The molecule has 2 heteroatoms. The fourth-order valence-corrected chi connectivity index (χ4v) is 0.408. The SMILES string of the molecule is O=CC1(C=O)CC1. The van der Waals surface area contributed by atoms with Crippen molar-refractivity contribution in [3.63, 3.8) is 0 Å². The van der Waals surface area contributed by atoms with Crippen LogP contribution in [0.25, 0.3) is 0 Å². The summed E-state index contributed by atoms with van der Waals surface area (Å²) in [7, 11) is 0. The summed E-state index contributed by atoms with van der Waals surface area (Å²) < 4.78 is 0. The molecule has 0 atom stereocenters. The molecule has 2 nitrogen and oxygen atoms in total. The quantitative estimate of drug-likeness (QED) is 0.364. The van der Waals surface area contributed by atoms with Gasteiger partial charge in [-0.3, -0.25) is 0 Å². The first kappa shape index (κ1) is 4.50. The smallest absolute Gasteiger partial charge is 0.133 e. The van der Waals surface area contributed by atoms with Gasteiger partial charge in [-0.15, -0.1) is 0 Å². The van der Waals surface area contributed by atoms with Gasteiger partial charge in [-0.1, -0.05) is 0 Å². The molecule has 0 spiro atoms. The third-order valence-corrected chi connectivity index (χ3v) is 1.30. The van der Waals surface area contributed by atoms with E-state index in [0.717, 1.165) is 25.4 Å². The van der Waals surface area contributed by atoms with Crippen molar-refractivity contribution in [2.45, 2.75) is 12.8 Å². The summed E-state index contributed by atoms with van der Waals surface area (Å²) in [6.07, 6.45) is 3.00. The van der Waals surface area contributed by atoms with Crippen LogP contribution in [0.2, 0.25) is 0 Å². The standard InChI is InChI=1S/C5H6O2/c6-3-5(4-7)1-2-5/h3-4H,1-2H2. The number of carbonyl (C=O) groups excluding carboxylic acids is 2. The van der Waals surface area contributed by atoms with Crippen molar-refractivity contribution in [1.29, 1.82) is 0 Å². The Hall–Kier alpha value is -0.660. The van der Waals surface area contributed by atoms with Crippen LogP contribution in [0.15, 0.2) is 0 Å². The van der Waals surface area contributed by atoms with Gasteiger partial charge in [-0.25, -0.2) is 0 Å². The highest BCUT2D eigenvalue weighted by Crippen LogP contribution is 2.40. The average molecular weight is 98.1 g/mol. The second-order valence-corrected chi connectivity index (χ2v) is 1.97. The number of hydrogen-bond donors (Lipinski definition) is 0. The van der Waals surface area contributed by atoms with Crippen LogP contribution in [0.4, 0.5) is 0 Å². The first-order valence-corrected chi connectivity index (χ1v) is 2.26. The molecule has 0 aliphatic heterocycles. The van der Waals surface area contributed by atoms with Crippen molar-refractivity contribution >= 4 is 12.6 Å². The zero-order chi connectivity index (χ0) is 5.33. The van der Waals surface area contributed by atoms with Gasteiger partial charge in [-0.2, -0.15) is 0 Å². The molecule has 0 bridgehead atoms. The maximum Gasteiger partial charge on any atom is 0.133 e. The highest BCUT2D eigenvalue weighted by atomic mass is 16.1. The van der Waals surface area contributed by atoms with Crippen LogP contribution >= 0.6 is 0 Å². The molecule has 1 fully saturated rings. The van der Waals surface area contributed by atoms with E-state index in [2.05, 4.69) is 0 Å². The highest BCUT2D eigenvalue weighted by Gasteiger charge is 2.42. The van der Waals surface area contributed by atoms with Gasteiger partial charge in [0, 0.05) is 0 Å². The fraction of sp³-hybridized carbons (Fsp3) is 0.600. The molecule has 0 radical (unpaired) electrons. The summed E-state index contributed by atoms with van der Waals surface area (Å²) >= 11 is 0. The lowest BCUT2D eigenvalue weighted by Gasteiger charge is -1.84. The van der Waals surface area contributed by atoms with Crippen molar-refractivity contribution in [3.05, 3.63) is 0 Å². The Balaban J connectivity index is 2.58. The summed E-state index contributed by atoms with van der Waals surface area (Å²) in [5, 5.41) is 0. The third kappa shape index (κ3) is 0.557. The van der Waals surface area contributed by atoms with E-state index in [1.807, 2.05) is 0 Å². The summed E-state index contributed by atoms with van der Waals surface area (Å²) in [5.41, 5.74) is -0.528. The van der Waals surface area contributed by atoms with Crippen LogP contribution in [-0.2, 0) is 9.59 Å². The lowest BCUT2D eigenvalue weighted by atomic mass is 10.2. The van der Waals surface area contributed by atoms with Crippen molar-refractivity contribution in [1.82, 2.24) is 0 Å². The minimum Gasteiger partial charge on any atom is -0.302 e. The summed E-state index contributed by atoms with van der Waals surface area (Å²) in [6.45, 7) is 0. The Morgan fingerprint density at radius 2 is 1.57 bits per heavy atom. The molecule has 1 rings (SSSR count). The Kier molecular flexibility index (Phi) is 0.741. The van der Waals surface area contributed by atoms with Crippen molar-refractivity contribution in [3.8, 4) is 0 Å². The summed E-state index contributed by atoms with van der Waals surface area (Å²) in [6, 6.07) is 0. The van der Waals surface area contributed by atoms with Gasteiger partial charge in [0.25, 0.3) is 0 Å². The van der Waals surface area contributed by atoms with Crippen LogP contribution in [0, 0.1) is 5.41 Å². The lowest BCUT2D eigenvalue weighted by Crippen LogP contribution is -2.01. The number of hydrogen-bond acceptors (Lipinski definition) is 2. The maximum absolute atomic E-state index is 9.89. The van der Waals surface area contributed by atoms with Crippen LogP contribution in [0.5, 0.6) is 0 Å². The Labute approximate surface area is 41.5 Å². The predicted molar refractivity (Wildman–Crippen MR) is 23.8 cm³/mol. The van der Waals surface area contributed by atoms with Crippen molar-refractivity contribution in [2.75, 3.05) is 0 Å². The molecule has 1 saturated carbocycles. The molecule has 0 aromatic rings. The third-order valence-electron chi connectivity index (χ3n) is 1.30. The monoisotopic (exact) mass is 98.0 g/mol. The minimum absolute atomic E-state index is 0.528. The molecule has 0 N–H and O–H groups in total. The topological polar surface area (TPSA) is 34.1 Å². The maximum atomic E-state index is 9.89. The van der Waals surface area contributed by atoms with Gasteiger partial charge in [0.1, 0.15) is 12.6 Å². The van der Waals surface area contributed by atoms with Gasteiger partial charge in [0.15, 0.2) is 0 Å². The van der Waals surface area contributed by atoms with Crippen molar-refractivity contribution < 1.29 is 9.59 Å². The van der Waals surface area contributed by atoms with Crippen LogP contribution < -0.4 is 0 Å². The van der Waals surface area contributed by atoms with Crippen LogP contribution in [0.1, 0.15) is 12.8 Å². The second-order valence-electron chi connectivity index (χ2n) is 1.97. The van der Waals surface area contributed by atoms with E-state index in [1.54, 1.807) is 0 Å². The average Bonchev–Trinajstić information content (AvgIpc) is 2.46. The molecule has 1 aliphatic carbocycles. The first-order chi connectivity index (χ1) is 3.33. The molecular weight excluding hydrogens is 92.1 g/mol. The molecule has 0 aromatic heterocycles. The summed E-state index contributed by atoms with van der Waals surface area (Å²) in [5.74, 6) is 0. The van der Waals surface area contributed by atoms with E-state index in [0.29, 0.717) is 0 Å². The van der Waals surface area contributed by atoms with Gasteiger partial charge in [0.05, 0.1) is 5.41 Å². The molecule has 0 heterocycles. The molecule has 38 valence electrons. The molecule has 0 aromatic carbocycles. The molecule has 1 aliphatic rings. The zero-order valence-corrected chi connectivity index (χ0v) is 3.89. The van der Waals surface area contributed by atoms with E-state index in [9.17, 15) is 9.59 Å². The van der Waals surface area contributed by atoms with Gasteiger partial charge >= 0.3 is 0 Å². The zero-order valence-electron chi connectivity index (χ0n) is 3.89. The van der Waals surface area contributed by atoms with Crippen molar-refractivity contribution in [2.24, 2.45) is 5.41 Å². The molecule has 0 unspecified atom stereocenters. The second kappa shape index (κ2) is 1.15. The van der Waals surface area contributed by atoms with E-state index in [1.165, 1.54) is 0 Å². The van der Waals surface area contributed by atoms with Crippen LogP contribution in [0.3, 0.4) is 0 Å².